The number of anilines is 1. The summed E-state index contributed by atoms with van der Waals surface area (Å²) >= 11 is 5.72. The van der Waals surface area contributed by atoms with Crippen molar-refractivity contribution in [2.24, 2.45) is 0 Å². The molecule has 0 spiro atoms. The van der Waals surface area contributed by atoms with E-state index in [9.17, 15) is 14.7 Å². The monoisotopic (exact) mass is 451 g/mol. The summed E-state index contributed by atoms with van der Waals surface area (Å²) < 4.78 is 6.25. The van der Waals surface area contributed by atoms with Crippen molar-refractivity contribution in [2.45, 2.75) is 6.92 Å². The summed E-state index contributed by atoms with van der Waals surface area (Å²) in [6.45, 7) is 2.49. The molecule has 0 radical (unpaired) electrons. The van der Waals surface area contributed by atoms with E-state index in [2.05, 4.69) is 21.2 Å². The second kappa shape index (κ2) is 8.03. The zero-order chi connectivity index (χ0) is 18.7. The van der Waals surface area contributed by atoms with Crippen LogP contribution in [-0.4, -0.2) is 23.6 Å². The summed E-state index contributed by atoms with van der Waals surface area (Å²) in [5, 5.41) is 12.2. The van der Waals surface area contributed by atoms with Gasteiger partial charge in [0.15, 0.2) is 0 Å². The van der Waals surface area contributed by atoms with Crippen molar-refractivity contribution in [3.05, 3.63) is 56.0 Å². The second-order valence-electron chi connectivity index (χ2n) is 5.17. The normalized spacial score (nSPS) is 10.5. The maximum atomic E-state index is 12.3. The highest BCUT2D eigenvalue weighted by atomic mass is 79.9. The number of rotatable bonds is 6. The summed E-state index contributed by atoms with van der Waals surface area (Å²) in [6, 6.07) is 12.5. The summed E-state index contributed by atoms with van der Waals surface area (Å²) in [7, 11) is 0. The van der Waals surface area contributed by atoms with Crippen LogP contribution in [-0.2, 0) is 0 Å². The standard InChI is InChI=1S/C18H14BrNO4S2/c1-2-24-11-5-3-10(4-6-11)14-9-12(16(26-14)18(22)23)20-17(21)13-7-8-15(19)25-13/h3-9H,2H2,1H3,(H,20,21)(H,22,23). The number of aromatic carboxylic acids is 1. The first-order valence-electron chi connectivity index (χ1n) is 7.65. The highest BCUT2D eigenvalue weighted by molar-refractivity contribution is 9.11. The smallest absolute Gasteiger partial charge is 0.348 e. The molecule has 2 N–H and O–H groups in total. The molecule has 3 aromatic rings. The first-order valence-corrected chi connectivity index (χ1v) is 10.1. The van der Waals surface area contributed by atoms with Gasteiger partial charge in [0, 0.05) is 4.88 Å². The van der Waals surface area contributed by atoms with Crippen LogP contribution < -0.4 is 10.1 Å². The molecule has 0 aliphatic heterocycles. The number of thiophene rings is 2. The molecule has 2 aromatic heterocycles. The molecule has 0 unspecified atom stereocenters. The van der Waals surface area contributed by atoms with Gasteiger partial charge in [0.1, 0.15) is 10.6 Å². The molecule has 0 atom stereocenters. The number of nitrogens with one attached hydrogen (secondary N) is 1. The predicted octanol–water partition coefficient (Wildman–Crippen LogP) is 5.59. The van der Waals surface area contributed by atoms with Crippen LogP contribution in [0.1, 0.15) is 26.3 Å². The van der Waals surface area contributed by atoms with E-state index in [0.29, 0.717) is 17.2 Å². The number of carboxylic acids is 1. The molecule has 0 aliphatic carbocycles. The summed E-state index contributed by atoms with van der Waals surface area (Å²) in [6.07, 6.45) is 0. The predicted molar refractivity (Wildman–Crippen MR) is 108 cm³/mol. The van der Waals surface area contributed by atoms with Crippen LogP contribution in [0.5, 0.6) is 5.75 Å². The van der Waals surface area contributed by atoms with Crippen molar-refractivity contribution in [2.75, 3.05) is 11.9 Å². The summed E-state index contributed by atoms with van der Waals surface area (Å²) in [5.74, 6) is -0.655. The van der Waals surface area contributed by atoms with Crippen molar-refractivity contribution in [1.29, 1.82) is 0 Å². The Morgan fingerprint density at radius 2 is 1.88 bits per heavy atom. The Morgan fingerprint density at radius 1 is 1.15 bits per heavy atom. The lowest BCUT2D eigenvalue weighted by Gasteiger charge is -2.03. The molecule has 8 heteroatoms. The van der Waals surface area contributed by atoms with Crippen LogP contribution in [0, 0.1) is 0 Å². The van der Waals surface area contributed by atoms with Crippen LogP contribution >= 0.6 is 38.6 Å². The van der Waals surface area contributed by atoms with Gasteiger partial charge >= 0.3 is 5.97 Å². The van der Waals surface area contributed by atoms with Gasteiger partial charge in [-0.15, -0.1) is 22.7 Å². The van der Waals surface area contributed by atoms with Gasteiger partial charge in [0.2, 0.25) is 0 Å². The molecular weight excluding hydrogens is 438 g/mol. The van der Waals surface area contributed by atoms with Gasteiger partial charge in [-0.3, -0.25) is 4.79 Å². The average Bonchev–Trinajstić information content (AvgIpc) is 3.22. The molecule has 1 aromatic carbocycles. The Morgan fingerprint density at radius 3 is 2.46 bits per heavy atom. The highest BCUT2D eigenvalue weighted by Crippen LogP contribution is 2.36. The molecule has 3 rings (SSSR count). The van der Waals surface area contributed by atoms with Gasteiger partial charge in [-0.05, 0) is 70.9 Å². The van der Waals surface area contributed by atoms with Gasteiger partial charge < -0.3 is 15.2 Å². The van der Waals surface area contributed by atoms with Crippen LogP contribution in [0.25, 0.3) is 10.4 Å². The molecule has 1 amide bonds. The maximum Gasteiger partial charge on any atom is 0.348 e. The number of carboxylic acid groups (broad SMARTS) is 1. The quantitative estimate of drug-likeness (QED) is 0.512. The zero-order valence-electron chi connectivity index (χ0n) is 13.6. The largest absolute Gasteiger partial charge is 0.494 e. The molecule has 134 valence electrons. The highest BCUT2D eigenvalue weighted by Gasteiger charge is 2.19. The first-order chi connectivity index (χ1) is 12.5. The van der Waals surface area contributed by atoms with Crippen molar-refractivity contribution >= 4 is 56.2 Å². The Kier molecular flexibility index (Phi) is 5.75. The van der Waals surface area contributed by atoms with E-state index in [1.54, 1.807) is 18.2 Å². The fraction of sp³-hybridized carbons (Fsp3) is 0.111. The van der Waals surface area contributed by atoms with Gasteiger partial charge in [-0.1, -0.05) is 0 Å². The Labute approximate surface area is 166 Å². The van der Waals surface area contributed by atoms with Gasteiger partial charge in [-0.2, -0.15) is 0 Å². The molecular formula is C18H14BrNO4S2. The van der Waals surface area contributed by atoms with E-state index in [-0.39, 0.29) is 10.8 Å². The Balaban J connectivity index is 1.88. The fourth-order valence-corrected chi connectivity index (χ4v) is 4.53. The number of carbonyl (C=O) groups excluding carboxylic acids is 1. The Hall–Kier alpha value is -2.16. The average molecular weight is 452 g/mol. The van der Waals surface area contributed by atoms with Crippen molar-refractivity contribution < 1.29 is 19.4 Å². The van der Waals surface area contributed by atoms with E-state index in [1.165, 1.54) is 11.3 Å². The van der Waals surface area contributed by atoms with E-state index in [4.69, 9.17) is 4.74 Å². The van der Waals surface area contributed by atoms with E-state index in [1.807, 2.05) is 31.2 Å². The minimum Gasteiger partial charge on any atom is -0.494 e. The Bertz CT molecular complexity index is 947. The third kappa shape index (κ3) is 4.14. The number of halogens is 1. The van der Waals surface area contributed by atoms with Crippen molar-refractivity contribution in [3.8, 4) is 16.2 Å². The van der Waals surface area contributed by atoms with E-state index < -0.39 is 5.97 Å². The maximum absolute atomic E-state index is 12.3. The molecule has 5 nitrogen and oxygen atoms in total. The lowest BCUT2D eigenvalue weighted by Crippen LogP contribution is -2.11. The van der Waals surface area contributed by atoms with Gasteiger partial charge in [-0.25, -0.2) is 4.79 Å². The molecule has 2 heterocycles. The number of amides is 1. The lowest BCUT2D eigenvalue weighted by molar-refractivity contribution is 0.0703. The first kappa shape index (κ1) is 18.6. The molecule has 0 saturated heterocycles. The van der Waals surface area contributed by atoms with Gasteiger partial charge in [0.05, 0.1) is 21.0 Å². The molecule has 26 heavy (non-hydrogen) atoms. The molecule has 0 bridgehead atoms. The number of hydrogen-bond acceptors (Lipinski definition) is 5. The third-order valence-corrected chi connectivity index (χ3v) is 6.22. The lowest BCUT2D eigenvalue weighted by atomic mass is 10.2. The summed E-state index contributed by atoms with van der Waals surface area (Å²) in [5.41, 5.74) is 1.15. The molecule has 0 saturated carbocycles. The second-order valence-corrected chi connectivity index (χ2v) is 8.69. The zero-order valence-corrected chi connectivity index (χ0v) is 16.8. The van der Waals surface area contributed by atoms with Crippen LogP contribution in [0.15, 0.2) is 46.3 Å². The number of benzene rings is 1. The summed E-state index contributed by atoms with van der Waals surface area (Å²) in [4.78, 5) is 25.3. The number of ether oxygens (including phenoxy) is 1. The van der Waals surface area contributed by atoms with Crippen molar-refractivity contribution in [3.63, 3.8) is 0 Å². The van der Waals surface area contributed by atoms with Crippen molar-refractivity contribution in [1.82, 2.24) is 0 Å². The van der Waals surface area contributed by atoms with Crippen LogP contribution in [0.2, 0.25) is 0 Å². The molecule has 0 aliphatic rings. The van der Waals surface area contributed by atoms with Crippen LogP contribution in [0.4, 0.5) is 5.69 Å². The molecule has 0 fully saturated rings. The van der Waals surface area contributed by atoms with Crippen LogP contribution in [0.3, 0.4) is 0 Å². The third-order valence-electron chi connectivity index (χ3n) is 3.42. The fourth-order valence-electron chi connectivity index (χ4n) is 2.29. The van der Waals surface area contributed by atoms with E-state index >= 15 is 0 Å². The number of hydrogen-bond donors (Lipinski definition) is 2. The van der Waals surface area contributed by atoms with Gasteiger partial charge in [0.25, 0.3) is 5.91 Å². The SMILES string of the molecule is CCOc1ccc(-c2cc(NC(=O)c3ccc(Br)s3)c(C(=O)O)s2)cc1. The van der Waals surface area contributed by atoms with E-state index in [0.717, 1.165) is 31.3 Å². The minimum absolute atomic E-state index is 0.0952. The minimum atomic E-state index is -1.07. The number of carbonyl (C=O) groups is 2. The topological polar surface area (TPSA) is 75.6 Å².